The van der Waals surface area contributed by atoms with E-state index in [1.165, 1.54) is 6.07 Å². The zero-order valence-electron chi connectivity index (χ0n) is 9.33. The van der Waals surface area contributed by atoms with Gasteiger partial charge in [-0.25, -0.2) is 8.42 Å². The number of sulfonamides is 1. The van der Waals surface area contributed by atoms with Crippen molar-refractivity contribution < 1.29 is 18.3 Å². The number of carboxylic acid groups (broad SMARTS) is 1. The molecule has 0 amide bonds. The number of anilines is 1. The van der Waals surface area contributed by atoms with E-state index < -0.39 is 28.2 Å². The molecular formula is C9H8ClN3O4S2. The summed E-state index contributed by atoms with van der Waals surface area (Å²) in [6.07, 6.45) is -0.488. The minimum absolute atomic E-state index is 0.123. The van der Waals surface area contributed by atoms with E-state index in [1.54, 1.807) is 6.07 Å². The highest BCUT2D eigenvalue weighted by molar-refractivity contribution is 7.92. The maximum absolute atomic E-state index is 11.7. The second-order valence-corrected chi connectivity index (χ2v) is 6.40. The van der Waals surface area contributed by atoms with Gasteiger partial charge in [-0.15, -0.1) is 0 Å². The Balaban J connectivity index is 2.32. The lowest BCUT2D eigenvalue weighted by Crippen LogP contribution is -2.19. The van der Waals surface area contributed by atoms with Gasteiger partial charge in [-0.2, -0.15) is 8.75 Å². The predicted octanol–water partition coefficient (Wildman–Crippen LogP) is 1.56. The van der Waals surface area contributed by atoms with Crippen molar-refractivity contribution in [2.75, 3.05) is 10.5 Å². The first-order valence-electron chi connectivity index (χ1n) is 5.02. The molecule has 2 aromatic rings. The normalized spacial score (nSPS) is 11.6. The van der Waals surface area contributed by atoms with Crippen molar-refractivity contribution in [1.82, 2.24) is 8.75 Å². The minimum Gasteiger partial charge on any atom is -0.481 e. The van der Waals surface area contributed by atoms with Crippen LogP contribution in [0.3, 0.4) is 0 Å². The summed E-state index contributed by atoms with van der Waals surface area (Å²) in [6.45, 7) is 0. The number of aromatic nitrogens is 2. The van der Waals surface area contributed by atoms with Crippen molar-refractivity contribution in [3.63, 3.8) is 0 Å². The van der Waals surface area contributed by atoms with E-state index in [0.29, 0.717) is 11.0 Å². The SMILES string of the molecule is O=C(O)CCS(=O)(=O)Nc1c(Cl)ccc2nsnc12. The van der Waals surface area contributed by atoms with Crippen LogP contribution in [0, 0.1) is 0 Å². The number of hydrogen-bond donors (Lipinski definition) is 2. The van der Waals surface area contributed by atoms with Gasteiger partial charge in [-0.3, -0.25) is 9.52 Å². The number of carboxylic acids is 1. The van der Waals surface area contributed by atoms with E-state index in [9.17, 15) is 13.2 Å². The van der Waals surface area contributed by atoms with Crippen molar-refractivity contribution in [2.24, 2.45) is 0 Å². The molecule has 0 unspecified atom stereocenters. The van der Waals surface area contributed by atoms with Gasteiger partial charge < -0.3 is 5.11 Å². The lowest BCUT2D eigenvalue weighted by Gasteiger charge is -2.08. The summed E-state index contributed by atoms with van der Waals surface area (Å²) in [7, 11) is -3.80. The molecule has 19 heavy (non-hydrogen) atoms. The highest BCUT2D eigenvalue weighted by Gasteiger charge is 2.18. The molecule has 0 bridgehead atoms. The quantitative estimate of drug-likeness (QED) is 0.865. The number of benzene rings is 1. The Bertz CT molecular complexity index is 728. The van der Waals surface area contributed by atoms with Gasteiger partial charge in [0.1, 0.15) is 11.0 Å². The van der Waals surface area contributed by atoms with E-state index in [4.69, 9.17) is 16.7 Å². The van der Waals surface area contributed by atoms with Crippen LogP contribution in [-0.4, -0.2) is 34.0 Å². The second kappa shape index (κ2) is 5.27. The molecule has 7 nitrogen and oxygen atoms in total. The van der Waals surface area contributed by atoms with Gasteiger partial charge in [-0.1, -0.05) is 11.6 Å². The van der Waals surface area contributed by atoms with E-state index in [0.717, 1.165) is 11.7 Å². The average molecular weight is 322 g/mol. The number of halogens is 1. The zero-order chi connectivity index (χ0) is 14.0. The fraction of sp³-hybridized carbons (Fsp3) is 0.222. The maximum Gasteiger partial charge on any atom is 0.304 e. The lowest BCUT2D eigenvalue weighted by molar-refractivity contribution is -0.136. The van der Waals surface area contributed by atoms with Crippen LogP contribution in [0.15, 0.2) is 12.1 Å². The average Bonchev–Trinajstić information content (AvgIpc) is 2.79. The summed E-state index contributed by atoms with van der Waals surface area (Å²) < 4.78 is 33.7. The molecule has 1 aromatic carbocycles. The standard InChI is InChI=1S/C9H8ClN3O4S2/c10-5-1-2-6-9(12-18-11-6)8(5)13-19(16,17)4-3-7(14)15/h1-2,13H,3-4H2,(H,14,15). The number of nitrogens with zero attached hydrogens (tertiary/aromatic N) is 2. The zero-order valence-corrected chi connectivity index (χ0v) is 11.7. The third-order valence-electron chi connectivity index (χ3n) is 2.22. The van der Waals surface area contributed by atoms with Crippen molar-refractivity contribution in [3.05, 3.63) is 17.2 Å². The largest absolute Gasteiger partial charge is 0.481 e. The molecule has 0 aliphatic carbocycles. The van der Waals surface area contributed by atoms with Gasteiger partial charge in [0.15, 0.2) is 0 Å². The van der Waals surface area contributed by atoms with E-state index in [1.807, 2.05) is 0 Å². The Morgan fingerprint density at radius 1 is 1.42 bits per heavy atom. The summed E-state index contributed by atoms with van der Waals surface area (Å²) in [5.74, 6) is -1.72. The first-order valence-corrected chi connectivity index (χ1v) is 7.78. The van der Waals surface area contributed by atoms with Crippen LogP contribution < -0.4 is 4.72 Å². The summed E-state index contributed by atoms with van der Waals surface area (Å²) in [4.78, 5) is 10.4. The van der Waals surface area contributed by atoms with E-state index in [-0.39, 0.29) is 10.7 Å². The molecule has 0 aliphatic rings. The minimum atomic E-state index is -3.80. The Hall–Kier alpha value is -1.45. The van der Waals surface area contributed by atoms with E-state index >= 15 is 0 Å². The highest BCUT2D eigenvalue weighted by atomic mass is 35.5. The summed E-state index contributed by atoms with van der Waals surface area (Å²) >= 11 is 6.85. The van der Waals surface area contributed by atoms with Gasteiger partial charge >= 0.3 is 5.97 Å². The summed E-state index contributed by atoms with van der Waals surface area (Å²) in [5, 5.41) is 8.68. The first-order chi connectivity index (χ1) is 8.89. The molecule has 0 saturated carbocycles. The molecule has 2 rings (SSSR count). The topological polar surface area (TPSA) is 109 Å². The molecule has 0 aliphatic heterocycles. The molecular weight excluding hydrogens is 314 g/mol. The number of carbonyl (C=O) groups is 1. The first kappa shape index (κ1) is 14.0. The Morgan fingerprint density at radius 3 is 2.84 bits per heavy atom. The Kier molecular flexibility index (Phi) is 3.88. The molecule has 0 spiro atoms. The number of aliphatic carboxylic acids is 1. The molecule has 1 aromatic heterocycles. The second-order valence-electron chi connectivity index (χ2n) is 3.62. The molecule has 102 valence electrons. The van der Waals surface area contributed by atoms with Crippen LogP contribution in [0.25, 0.3) is 11.0 Å². The predicted molar refractivity (Wildman–Crippen MR) is 72.1 cm³/mol. The van der Waals surface area contributed by atoms with Crippen molar-refractivity contribution >= 4 is 56.0 Å². The van der Waals surface area contributed by atoms with Gasteiger partial charge in [0.2, 0.25) is 10.0 Å². The number of fused-ring (bicyclic) bond motifs is 1. The van der Waals surface area contributed by atoms with Gasteiger partial charge in [0, 0.05) is 0 Å². The molecule has 10 heteroatoms. The van der Waals surface area contributed by atoms with Crippen molar-refractivity contribution in [1.29, 1.82) is 0 Å². The number of hydrogen-bond acceptors (Lipinski definition) is 6. The van der Waals surface area contributed by atoms with Crippen LogP contribution in [0.5, 0.6) is 0 Å². The van der Waals surface area contributed by atoms with Crippen LogP contribution in [0.2, 0.25) is 5.02 Å². The van der Waals surface area contributed by atoms with Gasteiger partial charge in [0.05, 0.1) is 34.6 Å². The molecule has 2 N–H and O–H groups in total. The van der Waals surface area contributed by atoms with Gasteiger partial charge in [0.25, 0.3) is 0 Å². The fourth-order valence-corrected chi connectivity index (χ4v) is 3.21. The number of nitrogens with one attached hydrogen (secondary N) is 1. The maximum atomic E-state index is 11.7. The monoisotopic (exact) mass is 321 g/mol. The van der Waals surface area contributed by atoms with E-state index in [2.05, 4.69) is 13.5 Å². The van der Waals surface area contributed by atoms with Crippen LogP contribution in [0.1, 0.15) is 6.42 Å². The molecule has 0 saturated heterocycles. The van der Waals surface area contributed by atoms with Gasteiger partial charge in [-0.05, 0) is 12.1 Å². The fourth-order valence-electron chi connectivity index (χ4n) is 1.35. The smallest absolute Gasteiger partial charge is 0.304 e. The van der Waals surface area contributed by atoms with Crippen LogP contribution >= 0.6 is 23.3 Å². The molecule has 1 heterocycles. The third kappa shape index (κ3) is 3.31. The van der Waals surface area contributed by atoms with Crippen LogP contribution in [0.4, 0.5) is 5.69 Å². The Labute approximate surface area is 117 Å². The molecule has 0 fully saturated rings. The Morgan fingerprint density at radius 2 is 2.16 bits per heavy atom. The highest BCUT2D eigenvalue weighted by Crippen LogP contribution is 2.30. The lowest BCUT2D eigenvalue weighted by atomic mass is 10.3. The summed E-state index contributed by atoms with van der Waals surface area (Å²) in [5.41, 5.74) is 0.986. The third-order valence-corrected chi connectivity index (χ3v) is 4.33. The van der Waals surface area contributed by atoms with Crippen molar-refractivity contribution in [2.45, 2.75) is 6.42 Å². The number of rotatable bonds is 5. The van der Waals surface area contributed by atoms with Crippen molar-refractivity contribution in [3.8, 4) is 0 Å². The summed E-state index contributed by atoms with van der Waals surface area (Å²) in [6, 6.07) is 3.12. The molecule has 0 radical (unpaired) electrons. The van der Waals surface area contributed by atoms with Crippen LogP contribution in [-0.2, 0) is 14.8 Å². The molecule has 0 atom stereocenters.